The molecule has 0 radical (unpaired) electrons. The van der Waals surface area contributed by atoms with Crippen molar-refractivity contribution in [1.82, 2.24) is 5.32 Å². The van der Waals surface area contributed by atoms with Gasteiger partial charge in [-0.25, -0.2) is 0 Å². The average molecular weight is 169 g/mol. The number of carbonyl (C=O) groups excluding carboxylic acids is 2. The lowest BCUT2D eigenvalue weighted by molar-refractivity contribution is -0.123. The van der Waals surface area contributed by atoms with Gasteiger partial charge in [0.25, 0.3) is 11.8 Å². The number of hydrogen-bond donors (Lipinski definition) is 1. The molecule has 0 saturated carbocycles. The van der Waals surface area contributed by atoms with Crippen LogP contribution in [-0.2, 0) is 14.3 Å². The van der Waals surface area contributed by atoms with Crippen molar-refractivity contribution >= 4 is 11.8 Å². The fraction of sp³-hybridized carbons (Fsp3) is 0.500. The Morgan fingerprint density at radius 2 is 1.58 bits per heavy atom. The Morgan fingerprint density at radius 3 is 1.75 bits per heavy atom. The van der Waals surface area contributed by atoms with E-state index in [0.717, 1.165) is 13.2 Å². The Balaban J connectivity index is 0.000000127. The van der Waals surface area contributed by atoms with Gasteiger partial charge in [-0.2, -0.15) is 0 Å². The molecule has 4 nitrogen and oxygen atoms in total. The molecule has 2 aliphatic rings. The van der Waals surface area contributed by atoms with Gasteiger partial charge in [0.05, 0.1) is 0 Å². The van der Waals surface area contributed by atoms with Gasteiger partial charge < -0.3 is 4.74 Å². The zero-order valence-corrected chi connectivity index (χ0v) is 6.71. The second-order valence-electron chi connectivity index (χ2n) is 2.51. The molecular weight excluding hydrogens is 158 g/mol. The van der Waals surface area contributed by atoms with E-state index >= 15 is 0 Å². The number of nitrogens with one attached hydrogen (secondary N) is 1. The molecule has 1 saturated heterocycles. The summed E-state index contributed by atoms with van der Waals surface area (Å²) in [6, 6.07) is 0. The van der Waals surface area contributed by atoms with Crippen LogP contribution in [0.5, 0.6) is 0 Å². The van der Waals surface area contributed by atoms with Crippen molar-refractivity contribution in [2.75, 3.05) is 13.2 Å². The van der Waals surface area contributed by atoms with Crippen LogP contribution < -0.4 is 5.32 Å². The molecule has 1 fully saturated rings. The van der Waals surface area contributed by atoms with Gasteiger partial charge in [-0.15, -0.1) is 0 Å². The number of ether oxygens (including phenoxy) is 1. The minimum Gasteiger partial charge on any atom is -0.381 e. The maximum absolute atomic E-state index is 10.0. The predicted molar refractivity (Wildman–Crippen MR) is 42.3 cm³/mol. The van der Waals surface area contributed by atoms with Crippen molar-refractivity contribution in [3.05, 3.63) is 12.2 Å². The first kappa shape index (κ1) is 8.93. The van der Waals surface area contributed by atoms with Crippen LogP contribution in [-0.4, -0.2) is 25.0 Å². The van der Waals surface area contributed by atoms with Gasteiger partial charge >= 0.3 is 0 Å². The molecule has 2 aliphatic heterocycles. The molecule has 12 heavy (non-hydrogen) atoms. The standard InChI is InChI=1S/C4H3NO2.C4H8O/c6-3-1-2-4(7)5-3;1-2-4-5-3-1/h1-2H,(H,5,6,7);1-4H2. The fourth-order valence-electron chi connectivity index (χ4n) is 0.866. The Kier molecular flexibility index (Phi) is 3.47. The van der Waals surface area contributed by atoms with Crippen LogP contribution in [0.15, 0.2) is 12.2 Å². The maximum Gasteiger partial charge on any atom is 0.250 e. The fourth-order valence-corrected chi connectivity index (χ4v) is 0.866. The zero-order chi connectivity index (χ0) is 8.81. The Morgan fingerprint density at radius 1 is 1.08 bits per heavy atom. The molecule has 0 atom stereocenters. The summed E-state index contributed by atoms with van der Waals surface area (Å²) in [4.78, 5) is 20.1. The van der Waals surface area contributed by atoms with E-state index in [1.807, 2.05) is 5.32 Å². The predicted octanol–water partition coefficient (Wildman–Crippen LogP) is -0.00420. The zero-order valence-electron chi connectivity index (χ0n) is 6.71. The van der Waals surface area contributed by atoms with Gasteiger partial charge in [0.1, 0.15) is 0 Å². The molecule has 0 aromatic heterocycles. The highest BCUT2D eigenvalue weighted by Crippen LogP contribution is 1.98. The summed E-state index contributed by atoms with van der Waals surface area (Å²) in [5, 5.41) is 2.03. The molecule has 2 rings (SSSR count). The monoisotopic (exact) mass is 169 g/mol. The van der Waals surface area contributed by atoms with Crippen LogP contribution in [0.4, 0.5) is 0 Å². The summed E-state index contributed by atoms with van der Waals surface area (Å²) in [6.45, 7) is 2.00. The molecule has 66 valence electrons. The topological polar surface area (TPSA) is 55.4 Å². The highest BCUT2D eigenvalue weighted by atomic mass is 16.5. The molecule has 4 heteroatoms. The lowest BCUT2D eigenvalue weighted by Gasteiger charge is -1.80. The third-order valence-corrected chi connectivity index (χ3v) is 1.46. The smallest absolute Gasteiger partial charge is 0.250 e. The molecule has 2 amide bonds. The minimum absolute atomic E-state index is 0.329. The van der Waals surface area contributed by atoms with E-state index in [1.165, 1.54) is 25.0 Å². The summed E-state index contributed by atoms with van der Waals surface area (Å²) in [5.41, 5.74) is 0. The number of carbonyl (C=O) groups is 2. The SMILES string of the molecule is C1CCOC1.O=C1C=CC(=O)N1. The summed E-state index contributed by atoms with van der Waals surface area (Å²) >= 11 is 0. The molecule has 2 heterocycles. The summed E-state index contributed by atoms with van der Waals surface area (Å²) in [7, 11) is 0. The normalized spacial score (nSPS) is 20.3. The van der Waals surface area contributed by atoms with Crippen molar-refractivity contribution in [2.45, 2.75) is 12.8 Å². The highest BCUT2D eigenvalue weighted by molar-refractivity contribution is 6.12. The number of rotatable bonds is 0. The van der Waals surface area contributed by atoms with E-state index in [1.54, 1.807) is 0 Å². The van der Waals surface area contributed by atoms with Gasteiger partial charge in [-0.1, -0.05) is 0 Å². The first-order valence-electron chi connectivity index (χ1n) is 3.90. The molecule has 1 N–H and O–H groups in total. The molecule has 0 aromatic rings. The van der Waals surface area contributed by atoms with Gasteiger partial charge in [0.15, 0.2) is 0 Å². The first-order chi connectivity index (χ1) is 5.79. The highest BCUT2D eigenvalue weighted by Gasteiger charge is 2.06. The Bertz CT molecular complexity index is 183. The quantitative estimate of drug-likeness (QED) is 0.519. The van der Waals surface area contributed by atoms with E-state index < -0.39 is 0 Å². The van der Waals surface area contributed by atoms with Crippen molar-refractivity contribution in [3.63, 3.8) is 0 Å². The Labute approximate surface area is 70.6 Å². The van der Waals surface area contributed by atoms with Crippen LogP contribution in [0.3, 0.4) is 0 Å². The van der Waals surface area contributed by atoms with Crippen LogP contribution in [0.1, 0.15) is 12.8 Å². The van der Waals surface area contributed by atoms with Gasteiger partial charge in [0.2, 0.25) is 0 Å². The number of amides is 2. The molecular formula is C8H11NO3. The molecule has 0 spiro atoms. The number of imide groups is 1. The van der Waals surface area contributed by atoms with Crippen molar-refractivity contribution in [1.29, 1.82) is 0 Å². The molecule has 0 bridgehead atoms. The van der Waals surface area contributed by atoms with Gasteiger partial charge in [-0.3, -0.25) is 14.9 Å². The maximum atomic E-state index is 10.0. The van der Waals surface area contributed by atoms with E-state index in [9.17, 15) is 9.59 Å². The van der Waals surface area contributed by atoms with Crippen molar-refractivity contribution < 1.29 is 14.3 Å². The van der Waals surface area contributed by atoms with Crippen molar-refractivity contribution in [3.8, 4) is 0 Å². The summed E-state index contributed by atoms with van der Waals surface area (Å²) < 4.78 is 4.94. The lowest BCUT2D eigenvalue weighted by Crippen LogP contribution is -2.19. The van der Waals surface area contributed by atoms with E-state index in [4.69, 9.17) is 4.74 Å². The van der Waals surface area contributed by atoms with E-state index in [2.05, 4.69) is 0 Å². The first-order valence-corrected chi connectivity index (χ1v) is 3.90. The largest absolute Gasteiger partial charge is 0.381 e. The third-order valence-electron chi connectivity index (χ3n) is 1.46. The number of hydrogen-bond acceptors (Lipinski definition) is 3. The van der Waals surface area contributed by atoms with Crippen molar-refractivity contribution in [2.24, 2.45) is 0 Å². The van der Waals surface area contributed by atoms with Crippen LogP contribution >= 0.6 is 0 Å². The van der Waals surface area contributed by atoms with Gasteiger partial charge in [-0.05, 0) is 12.8 Å². The summed E-state index contributed by atoms with van der Waals surface area (Å²) in [5.74, 6) is -0.657. The van der Waals surface area contributed by atoms with Crippen LogP contribution in [0, 0.1) is 0 Å². The Hall–Kier alpha value is -1.16. The second-order valence-corrected chi connectivity index (χ2v) is 2.51. The molecule has 0 aromatic carbocycles. The minimum atomic E-state index is -0.329. The molecule has 0 unspecified atom stereocenters. The van der Waals surface area contributed by atoms with Crippen LogP contribution in [0.2, 0.25) is 0 Å². The summed E-state index contributed by atoms with van der Waals surface area (Å²) in [6.07, 6.45) is 4.95. The van der Waals surface area contributed by atoms with Crippen LogP contribution in [0.25, 0.3) is 0 Å². The third kappa shape index (κ3) is 3.30. The van der Waals surface area contributed by atoms with Gasteiger partial charge in [0, 0.05) is 25.4 Å². The second kappa shape index (κ2) is 4.66. The van der Waals surface area contributed by atoms with E-state index in [0.29, 0.717) is 0 Å². The average Bonchev–Trinajstić information content (AvgIpc) is 2.63. The van der Waals surface area contributed by atoms with E-state index in [-0.39, 0.29) is 11.8 Å². The molecule has 0 aliphatic carbocycles. The lowest BCUT2D eigenvalue weighted by atomic mass is 10.4.